The van der Waals surface area contributed by atoms with E-state index in [1.54, 1.807) is 11.2 Å². The second-order valence-electron chi connectivity index (χ2n) is 5.60. The van der Waals surface area contributed by atoms with Gasteiger partial charge in [0, 0.05) is 6.42 Å². The van der Waals surface area contributed by atoms with Crippen LogP contribution in [0.25, 0.3) is 0 Å². The number of rotatable bonds is 4. The van der Waals surface area contributed by atoms with Crippen LogP contribution in [0.1, 0.15) is 18.1 Å². The summed E-state index contributed by atoms with van der Waals surface area (Å²) in [7, 11) is 0. The van der Waals surface area contributed by atoms with Gasteiger partial charge in [-0.05, 0) is 18.1 Å². The molecule has 3 heteroatoms. The van der Waals surface area contributed by atoms with Crippen LogP contribution in [0.15, 0.2) is 65.7 Å². The molecule has 2 aromatic carbocycles. The molecule has 1 amide bonds. The fourth-order valence-electron chi connectivity index (χ4n) is 2.62. The summed E-state index contributed by atoms with van der Waals surface area (Å²) in [5, 5.41) is 0. The van der Waals surface area contributed by atoms with Crippen molar-refractivity contribution in [2.24, 2.45) is 4.99 Å². The van der Waals surface area contributed by atoms with Gasteiger partial charge in [0.15, 0.2) is 0 Å². The normalized spacial score (nSPS) is 21.0. The van der Waals surface area contributed by atoms with Gasteiger partial charge in [-0.3, -0.25) is 14.7 Å². The van der Waals surface area contributed by atoms with E-state index in [2.05, 4.69) is 4.99 Å². The molecule has 1 aliphatic heterocycles. The predicted octanol–water partition coefficient (Wildman–Crippen LogP) is 3.06. The minimum atomic E-state index is -0.684. The van der Waals surface area contributed by atoms with E-state index in [4.69, 9.17) is 0 Å². The lowest BCUT2D eigenvalue weighted by atomic mass is 9.93. The maximum Gasteiger partial charge on any atom is 0.256 e. The SMILES string of the molecule is CC1(Cc2ccccc2)N=CN(Cc2ccccc2)C1=O. The first-order valence-corrected chi connectivity index (χ1v) is 7.12. The van der Waals surface area contributed by atoms with Crippen molar-refractivity contribution in [1.29, 1.82) is 0 Å². The first-order valence-electron chi connectivity index (χ1n) is 7.12. The van der Waals surface area contributed by atoms with Crippen LogP contribution >= 0.6 is 0 Å². The standard InChI is InChI=1S/C18H18N2O/c1-18(12-15-8-4-2-5-9-15)17(21)20(14-19-18)13-16-10-6-3-7-11-16/h2-11,14H,12-13H2,1H3. The first-order chi connectivity index (χ1) is 10.2. The molecule has 2 aromatic rings. The van der Waals surface area contributed by atoms with Gasteiger partial charge in [0.05, 0.1) is 12.9 Å². The second kappa shape index (κ2) is 5.52. The van der Waals surface area contributed by atoms with Gasteiger partial charge in [0.1, 0.15) is 5.54 Å². The lowest BCUT2D eigenvalue weighted by Gasteiger charge is -2.22. The molecule has 106 valence electrons. The molecule has 1 aliphatic rings. The summed E-state index contributed by atoms with van der Waals surface area (Å²) in [5.74, 6) is 0.0650. The molecule has 3 nitrogen and oxygen atoms in total. The number of amides is 1. The van der Waals surface area contributed by atoms with Gasteiger partial charge in [-0.1, -0.05) is 60.7 Å². The van der Waals surface area contributed by atoms with E-state index in [9.17, 15) is 4.79 Å². The van der Waals surface area contributed by atoms with Crippen LogP contribution in [-0.4, -0.2) is 22.7 Å². The molecule has 21 heavy (non-hydrogen) atoms. The molecule has 0 aromatic heterocycles. The molecule has 1 unspecified atom stereocenters. The molecule has 0 N–H and O–H groups in total. The van der Waals surface area contributed by atoms with Crippen molar-refractivity contribution in [1.82, 2.24) is 4.90 Å². The molecule has 0 spiro atoms. The zero-order valence-electron chi connectivity index (χ0n) is 12.1. The Morgan fingerprint density at radius 2 is 1.52 bits per heavy atom. The van der Waals surface area contributed by atoms with Crippen LogP contribution in [-0.2, 0) is 17.8 Å². The number of carbonyl (C=O) groups is 1. The van der Waals surface area contributed by atoms with Crippen molar-refractivity contribution >= 4 is 12.2 Å². The summed E-state index contributed by atoms with van der Waals surface area (Å²) in [4.78, 5) is 18.8. The topological polar surface area (TPSA) is 32.7 Å². The molecular formula is C18H18N2O. The number of aliphatic imine (C=N–C) groups is 1. The molecule has 0 bridgehead atoms. The van der Waals surface area contributed by atoms with Crippen LogP contribution in [0.4, 0.5) is 0 Å². The number of benzene rings is 2. The Labute approximate surface area is 124 Å². The van der Waals surface area contributed by atoms with Gasteiger partial charge < -0.3 is 0 Å². The van der Waals surface area contributed by atoms with Gasteiger partial charge in [-0.25, -0.2) is 0 Å². The molecule has 0 radical (unpaired) electrons. The van der Waals surface area contributed by atoms with Crippen LogP contribution in [0, 0.1) is 0 Å². The Morgan fingerprint density at radius 3 is 2.14 bits per heavy atom. The molecule has 0 aliphatic carbocycles. The van der Waals surface area contributed by atoms with Crippen molar-refractivity contribution in [3.8, 4) is 0 Å². The zero-order valence-corrected chi connectivity index (χ0v) is 12.1. The van der Waals surface area contributed by atoms with E-state index in [0.717, 1.165) is 11.1 Å². The third-order valence-electron chi connectivity index (χ3n) is 3.79. The third-order valence-corrected chi connectivity index (χ3v) is 3.79. The van der Waals surface area contributed by atoms with E-state index < -0.39 is 5.54 Å². The van der Waals surface area contributed by atoms with E-state index in [1.807, 2.05) is 67.6 Å². The fourth-order valence-corrected chi connectivity index (χ4v) is 2.62. The van der Waals surface area contributed by atoms with Gasteiger partial charge in [0.2, 0.25) is 0 Å². The van der Waals surface area contributed by atoms with Crippen molar-refractivity contribution < 1.29 is 4.79 Å². The minimum Gasteiger partial charge on any atom is -0.297 e. The highest BCUT2D eigenvalue weighted by molar-refractivity contribution is 5.99. The van der Waals surface area contributed by atoms with Gasteiger partial charge in [-0.2, -0.15) is 0 Å². The summed E-state index contributed by atoms with van der Waals surface area (Å²) in [6.07, 6.45) is 2.31. The number of hydrogen-bond acceptors (Lipinski definition) is 2. The van der Waals surface area contributed by atoms with E-state index in [-0.39, 0.29) is 5.91 Å². The second-order valence-corrected chi connectivity index (χ2v) is 5.60. The highest BCUT2D eigenvalue weighted by Gasteiger charge is 2.40. The van der Waals surface area contributed by atoms with Crippen LogP contribution in [0.2, 0.25) is 0 Å². The Balaban J connectivity index is 1.73. The molecule has 0 fully saturated rings. The highest BCUT2D eigenvalue weighted by atomic mass is 16.2. The maximum absolute atomic E-state index is 12.6. The first kappa shape index (κ1) is 13.6. The summed E-state index contributed by atoms with van der Waals surface area (Å²) in [6, 6.07) is 20.0. The smallest absolute Gasteiger partial charge is 0.256 e. The number of carbonyl (C=O) groups excluding carboxylic acids is 1. The van der Waals surface area contributed by atoms with Crippen molar-refractivity contribution in [3.63, 3.8) is 0 Å². The number of hydrogen-bond donors (Lipinski definition) is 0. The van der Waals surface area contributed by atoms with E-state index >= 15 is 0 Å². The average Bonchev–Trinajstić information content (AvgIpc) is 2.78. The Kier molecular flexibility index (Phi) is 3.57. The third kappa shape index (κ3) is 2.87. The predicted molar refractivity (Wildman–Crippen MR) is 84.0 cm³/mol. The molecule has 1 heterocycles. The van der Waals surface area contributed by atoms with Crippen LogP contribution in [0.5, 0.6) is 0 Å². The molecule has 1 atom stereocenters. The molecule has 0 saturated carbocycles. The summed E-state index contributed by atoms with van der Waals surface area (Å²) >= 11 is 0. The Hall–Kier alpha value is -2.42. The van der Waals surface area contributed by atoms with Gasteiger partial charge in [0.25, 0.3) is 5.91 Å². The van der Waals surface area contributed by atoms with Gasteiger partial charge in [-0.15, -0.1) is 0 Å². The number of nitrogens with zero attached hydrogens (tertiary/aromatic N) is 2. The quantitative estimate of drug-likeness (QED) is 0.846. The minimum absolute atomic E-state index is 0.0650. The Morgan fingerprint density at radius 1 is 0.952 bits per heavy atom. The summed E-state index contributed by atoms with van der Waals surface area (Å²) < 4.78 is 0. The largest absolute Gasteiger partial charge is 0.297 e. The molecule has 3 rings (SSSR count). The summed E-state index contributed by atoms with van der Waals surface area (Å²) in [6.45, 7) is 2.48. The van der Waals surface area contributed by atoms with Crippen LogP contribution in [0.3, 0.4) is 0 Å². The molecule has 0 saturated heterocycles. The van der Waals surface area contributed by atoms with Crippen molar-refractivity contribution in [2.75, 3.05) is 0 Å². The van der Waals surface area contributed by atoms with Crippen molar-refractivity contribution in [3.05, 3.63) is 71.8 Å². The molecular weight excluding hydrogens is 260 g/mol. The zero-order chi connectivity index (χ0) is 14.7. The monoisotopic (exact) mass is 278 g/mol. The fraction of sp³-hybridized carbons (Fsp3) is 0.222. The van der Waals surface area contributed by atoms with Gasteiger partial charge >= 0.3 is 0 Å². The van der Waals surface area contributed by atoms with Crippen molar-refractivity contribution in [2.45, 2.75) is 25.4 Å². The lowest BCUT2D eigenvalue weighted by Crippen LogP contribution is -2.40. The Bertz CT molecular complexity index is 651. The highest BCUT2D eigenvalue weighted by Crippen LogP contribution is 2.25. The lowest BCUT2D eigenvalue weighted by molar-refractivity contribution is -0.130. The van der Waals surface area contributed by atoms with Crippen LogP contribution < -0.4 is 0 Å². The van der Waals surface area contributed by atoms with E-state index in [1.165, 1.54) is 0 Å². The van der Waals surface area contributed by atoms with E-state index in [0.29, 0.717) is 13.0 Å². The average molecular weight is 278 g/mol. The maximum atomic E-state index is 12.6. The summed E-state index contributed by atoms with van der Waals surface area (Å²) in [5.41, 5.74) is 1.56.